The first-order chi connectivity index (χ1) is 13.5. The Hall–Kier alpha value is -2.64. The van der Waals surface area contributed by atoms with Crippen molar-refractivity contribution in [3.63, 3.8) is 0 Å². The zero-order valence-electron chi connectivity index (χ0n) is 16.8. The molecule has 3 nitrogen and oxygen atoms in total. The van der Waals surface area contributed by atoms with E-state index in [1.54, 1.807) is 0 Å². The molecule has 1 aromatic heterocycles. The van der Waals surface area contributed by atoms with Crippen LogP contribution in [0.4, 0.5) is 0 Å². The Labute approximate surface area is 170 Å². The minimum atomic E-state index is -0.141. The van der Waals surface area contributed by atoms with E-state index in [1.165, 1.54) is 29.7 Å². The van der Waals surface area contributed by atoms with Gasteiger partial charge in [0, 0.05) is 0 Å². The SMILES string of the molecule is C#CCn1c(=NC(=O)Cc2cc(C)ccc2C)sc2cc(CCCC)ccc21. The highest BCUT2D eigenvalue weighted by molar-refractivity contribution is 7.16. The van der Waals surface area contributed by atoms with Crippen molar-refractivity contribution in [2.75, 3.05) is 0 Å². The number of fused-ring (bicyclic) bond motifs is 1. The van der Waals surface area contributed by atoms with Crippen molar-refractivity contribution >= 4 is 27.5 Å². The first-order valence-corrected chi connectivity index (χ1v) is 10.5. The van der Waals surface area contributed by atoms with Gasteiger partial charge in [0.25, 0.3) is 5.91 Å². The van der Waals surface area contributed by atoms with E-state index in [0.717, 1.165) is 33.3 Å². The van der Waals surface area contributed by atoms with E-state index in [9.17, 15) is 4.79 Å². The number of benzene rings is 2. The predicted octanol–water partition coefficient (Wildman–Crippen LogP) is 4.97. The molecule has 0 bridgehead atoms. The highest BCUT2D eigenvalue weighted by Gasteiger charge is 2.10. The van der Waals surface area contributed by atoms with Crippen LogP contribution < -0.4 is 4.80 Å². The third-order valence-corrected chi connectivity index (χ3v) is 5.92. The number of carbonyl (C=O) groups excluding carboxylic acids is 1. The number of rotatable bonds is 6. The zero-order chi connectivity index (χ0) is 20.1. The molecule has 4 heteroatoms. The highest BCUT2D eigenvalue weighted by Crippen LogP contribution is 2.20. The van der Waals surface area contributed by atoms with Gasteiger partial charge in [0.2, 0.25) is 0 Å². The zero-order valence-corrected chi connectivity index (χ0v) is 17.6. The van der Waals surface area contributed by atoms with Crippen LogP contribution in [0.15, 0.2) is 41.4 Å². The average molecular weight is 391 g/mol. The average Bonchev–Trinajstić information content (AvgIpc) is 2.99. The van der Waals surface area contributed by atoms with E-state index >= 15 is 0 Å². The van der Waals surface area contributed by atoms with Crippen molar-refractivity contribution in [3.8, 4) is 12.3 Å². The van der Waals surface area contributed by atoms with Gasteiger partial charge in [0.15, 0.2) is 4.80 Å². The Morgan fingerprint density at radius 2 is 2.04 bits per heavy atom. The van der Waals surface area contributed by atoms with Crippen molar-refractivity contribution in [1.29, 1.82) is 0 Å². The first kappa shape index (κ1) is 20.1. The molecule has 0 unspecified atom stereocenters. The molecule has 144 valence electrons. The number of amides is 1. The highest BCUT2D eigenvalue weighted by atomic mass is 32.1. The quantitative estimate of drug-likeness (QED) is 0.548. The second-order valence-electron chi connectivity index (χ2n) is 7.19. The third kappa shape index (κ3) is 4.61. The number of terminal acetylenes is 1. The Kier molecular flexibility index (Phi) is 6.49. The number of aryl methyl sites for hydroxylation is 3. The summed E-state index contributed by atoms with van der Waals surface area (Å²) in [5.41, 5.74) is 5.65. The van der Waals surface area contributed by atoms with Crippen LogP contribution >= 0.6 is 11.3 Å². The Morgan fingerprint density at radius 3 is 2.79 bits per heavy atom. The van der Waals surface area contributed by atoms with Crippen LogP contribution in [-0.4, -0.2) is 10.5 Å². The minimum absolute atomic E-state index is 0.141. The maximum Gasteiger partial charge on any atom is 0.252 e. The molecule has 0 aliphatic heterocycles. The lowest BCUT2D eigenvalue weighted by molar-refractivity contribution is -0.117. The molecule has 2 aromatic carbocycles. The molecule has 0 fully saturated rings. The summed E-state index contributed by atoms with van der Waals surface area (Å²) < 4.78 is 3.09. The van der Waals surface area contributed by atoms with Crippen LogP contribution in [0.5, 0.6) is 0 Å². The van der Waals surface area contributed by atoms with Gasteiger partial charge in [0.1, 0.15) is 0 Å². The van der Waals surface area contributed by atoms with Crippen LogP contribution in [0.25, 0.3) is 10.2 Å². The topological polar surface area (TPSA) is 34.4 Å². The van der Waals surface area contributed by atoms with E-state index in [-0.39, 0.29) is 5.91 Å². The van der Waals surface area contributed by atoms with Crippen molar-refractivity contribution in [2.24, 2.45) is 4.99 Å². The number of nitrogens with zero attached hydrogens (tertiary/aromatic N) is 2. The maximum absolute atomic E-state index is 12.7. The van der Waals surface area contributed by atoms with E-state index in [1.807, 2.05) is 24.5 Å². The van der Waals surface area contributed by atoms with Gasteiger partial charge in [-0.05, 0) is 55.5 Å². The molecule has 1 amide bonds. The maximum atomic E-state index is 12.7. The molecule has 0 aliphatic carbocycles. The molecule has 0 N–H and O–H groups in total. The van der Waals surface area contributed by atoms with Crippen LogP contribution in [0.3, 0.4) is 0 Å². The molecule has 0 radical (unpaired) electrons. The van der Waals surface area contributed by atoms with Gasteiger partial charge < -0.3 is 4.57 Å². The number of unbranched alkanes of at least 4 members (excludes halogenated alkanes) is 1. The monoisotopic (exact) mass is 390 g/mol. The molecule has 0 atom stereocenters. The molecular formula is C24H26N2OS. The largest absolute Gasteiger partial charge is 0.305 e. The lowest BCUT2D eigenvalue weighted by Gasteiger charge is -2.04. The van der Waals surface area contributed by atoms with Gasteiger partial charge in [-0.1, -0.05) is 60.4 Å². The van der Waals surface area contributed by atoms with Gasteiger partial charge in [-0.15, -0.1) is 6.42 Å². The summed E-state index contributed by atoms with van der Waals surface area (Å²) in [4.78, 5) is 17.8. The summed E-state index contributed by atoms with van der Waals surface area (Å²) in [6.07, 6.45) is 9.29. The lowest BCUT2D eigenvalue weighted by atomic mass is 10.0. The Balaban J connectivity index is 1.97. The standard InChI is InChI=1S/C24H26N2OS/c1-5-7-8-19-11-12-21-22(15-19)28-24(26(21)13-6-2)25-23(27)16-20-14-17(3)9-10-18(20)4/h2,9-12,14-15H,5,7-8,13,16H2,1,3-4H3. The fraction of sp³-hybridized carbons (Fsp3) is 0.333. The molecule has 28 heavy (non-hydrogen) atoms. The Bertz CT molecular complexity index is 1110. The molecule has 0 spiro atoms. The van der Waals surface area contributed by atoms with Crippen molar-refractivity contribution in [2.45, 2.75) is 53.0 Å². The lowest BCUT2D eigenvalue weighted by Crippen LogP contribution is -2.17. The van der Waals surface area contributed by atoms with Gasteiger partial charge in [-0.25, -0.2) is 0 Å². The van der Waals surface area contributed by atoms with E-state index in [0.29, 0.717) is 17.8 Å². The van der Waals surface area contributed by atoms with Gasteiger partial charge in [0.05, 0.1) is 23.2 Å². The van der Waals surface area contributed by atoms with Crippen LogP contribution in [-0.2, 0) is 24.2 Å². The first-order valence-electron chi connectivity index (χ1n) is 9.71. The fourth-order valence-electron chi connectivity index (χ4n) is 3.28. The third-order valence-electron chi connectivity index (χ3n) is 4.88. The summed E-state index contributed by atoms with van der Waals surface area (Å²) in [6.45, 7) is 6.67. The predicted molar refractivity (Wildman–Crippen MR) is 117 cm³/mol. The molecule has 0 saturated heterocycles. The molecular weight excluding hydrogens is 364 g/mol. The summed E-state index contributed by atoms with van der Waals surface area (Å²) in [5.74, 6) is 2.55. The van der Waals surface area contributed by atoms with Crippen LogP contribution in [0.2, 0.25) is 0 Å². The summed E-state index contributed by atoms with van der Waals surface area (Å²) in [7, 11) is 0. The Morgan fingerprint density at radius 1 is 1.21 bits per heavy atom. The number of hydrogen-bond acceptors (Lipinski definition) is 2. The summed E-state index contributed by atoms with van der Waals surface area (Å²) in [5, 5.41) is 0. The second kappa shape index (κ2) is 9.03. The minimum Gasteiger partial charge on any atom is -0.305 e. The molecule has 1 heterocycles. The normalized spacial score (nSPS) is 11.7. The van der Waals surface area contributed by atoms with Crippen LogP contribution in [0, 0.1) is 26.2 Å². The van der Waals surface area contributed by atoms with Gasteiger partial charge in [-0.3, -0.25) is 4.79 Å². The summed E-state index contributed by atoms with van der Waals surface area (Å²) in [6, 6.07) is 12.6. The number of hydrogen-bond donors (Lipinski definition) is 0. The van der Waals surface area contributed by atoms with E-state index in [2.05, 4.69) is 48.2 Å². The van der Waals surface area contributed by atoms with Crippen LogP contribution in [0.1, 0.15) is 42.0 Å². The second-order valence-corrected chi connectivity index (χ2v) is 8.20. The molecule has 0 saturated carbocycles. The summed E-state index contributed by atoms with van der Waals surface area (Å²) >= 11 is 1.54. The van der Waals surface area contributed by atoms with E-state index in [4.69, 9.17) is 6.42 Å². The molecule has 0 aliphatic rings. The number of thiazole rings is 1. The van der Waals surface area contributed by atoms with Gasteiger partial charge in [-0.2, -0.15) is 4.99 Å². The van der Waals surface area contributed by atoms with E-state index < -0.39 is 0 Å². The molecule has 3 rings (SSSR count). The van der Waals surface area contributed by atoms with Crippen molar-refractivity contribution < 1.29 is 4.79 Å². The van der Waals surface area contributed by atoms with Crippen molar-refractivity contribution in [3.05, 3.63) is 63.5 Å². The molecule has 3 aromatic rings. The smallest absolute Gasteiger partial charge is 0.252 e. The van der Waals surface area contributed by atoms with Gasteiger partial charge >= 0.3 is 0 Å². The fourth-order valence-corrected chi connectivity index (χ4v) is 4.39. The number of aromatic nitrogens is 1. The number of carbonyl (C=O) groups is 1. The van der Waals surface area contributed by atoms with Crippen molar-refractivity contribution in [1.82, 2.24) is 4.57 Å².